The summed E-state index contributed by atoms with van der Waals surface area (Å²) < 4.78 is 20.3. The van der Waals surface area contributed by atoms with Gasteiger partial charge in [0.2, 0.25) is 5.91 Å². The van der Waals surface area contributed by atoms with Gasteiger partial charge in [-0.05, 0) is 43.3 Å². The van der Waals surface area contributed by atoms with Gasteiger partial charge in [-0.15, -0.1) is 0 Å². The van der Waals surface area contributed by atoms with Gasteiger partial charge in [0.05, 0.1) is 24.5 Å². The summed E-state index contributed by atoms with van der Waals surface area (Å²) in [5.74, 6) is -0.563. The van der Waals surface area contributed by atoms with Crippen LogP contribution >= 0.6 is 12.2 Å². The van der Waals surface area contributed by atoms with E-state index in [1.54, 1.807) is 12.1 Å². The number of amides is 2. The molecule has 2 amide bonds. The molecule has 2 saturated heterocycles. The van der Waals surface area contributed by atoms with Crippen LogP contribution in [0.3, 0.4) is 0 Å². The zero-order valence-corrected chi connectivity index (χ0v) is 19.8. The first-order chi connectivity index (χ1) is 15.9. The zero-order chi connectivity index (χ0) is 23.4. The second-order valence-electron chi connectivity index (χ2n) is 8.95. The Bertz CT molecular complexity index is 887. The number of nitrogens with zero attached hydrogens (tertiary/aromatic N) is 3. The van der Waals surface area contributed by atoms with Crippen LogP contribution in [0.15, 0.2) is 18.2 Å². The van der Waals surface area contributed by atoms with Crippen LogP contribution in [0.2, 0.25) is 0 Å². The first-order valence-electron chi connectivity index (χ1n) is 11.7. The van der Waals surface area contributed by atoms with E-state index in [-0.39, 0.29) is 24.8 Å². The molecule has 3 fully saturated rings. The number of hydrogen-bond donors (Lipinski definition) is 2. The quantitative estimate of drug-likeness (QED) is 0.632. The molecule has 0 spiro atoms. The summed E-state index contributed by atoms with van der Waals surface area (Å²) in [7, 11) is 0. The summed E-state index contributed by atoms with van der Waals surface area (Å²) in [5.41, 5.74) is 0.968. The lowest BCUT2D eigenvalue weighted by atomic mass is 9.96. The third-order valence-electron chi connectivity index (χ3n) is 6.54. The monoisotopic (exact) mass is 477 g/mol. The fourth-order valence-electron chi connectivity index (χ4n) is 4.68. The number of nitrogens with one attached hydrogen (secondary N) is 2. The van der Waals surface area contributed by atoms with E-state index >= 15 is 4.39 Å². The van der Waals surface area contributed by atoms with E-state index in [0.717, 1.165) is 18.2 Å². The van der Waals surface area contributed by atoms with E-state index in [0.29, 0.717) is 30.5 Å². The topological polar surface area (TPSA) is 77.2 Å². The molecule has 33 heavy (non-hydrogen) atoms. The van der Waals surface area contributed by atoms with Gasteiger partial charge in [0, 0.05) is 39.1 Å². The van der Waals surface area contributed by atoms with Crippen LogP contribution in [0.4, 0.5) is 20.6 Å². The molecule has 1 aromatic rings. The number of hydrogen-bond acceptors (Lipinski definition) is 5. The molecule has 1 aromatic carbocycles. The first kappa shape index (κ1) is 23.5. The molecule has 0 bridgehead atoms. The third kappa shape index (κ3) is 5.85. The van der Waals surface area contributed by atoms with Crippen LogP contribution in [0, 0.1) is 5.82 Å². The lowest BCUT2D eigenvalue weighted by Crippen LogP contribution is -2.53. The minimum absolute atomic E-state index is 0.189. The van der Waals surface area contributed by atoms with Crippen molar-refractivity contribution in [2.75, 3.05) is 49.1 Å². The Morgan fingerprint density at radius 3 is 2.58 bits per heavy atom. The number of ether oxygens (including phenoxy) is 1. The van der Waals surface area contributed by atoms with E-state index < -0.39 is 12.2 Å². The van der Waals surface area contributed by atoms with Crippen LogP contribution in [-0.4, -0.2) is 73.4 Å². The maximum Gasteiger partial charge on any atom is 0.414 e. The zero-order valence-electron chi connectivity index (χ0n) is 19.0. The number of carbonyl (C=O) groups is 2. The lowest BCUT2D eigenvalue weighted by molar-refractivity contribution is -0.119. The predicted octanol–water partition coefficient (Wildman–Crippen LogP) is 2.62. The molecule has 0 aromatic heterocycles. The first-order valence-corrected chi connectivity index (χ1v) is 12.1. The molecule has 1 saturated carbocycles. The number of piperazine rings is 1. The molecule has 0 radical (unpaired) electrons. The summed E-state index contributed by atoms with van der Waals surface area (Å²) >= 11 is 5.62. The highest BCUT2D eigenvalue weighted by Gasteiger charge is 2.33. The van der Waals surface area contributed by atoms with E-state index in [4.69, 9.17) is 17.0 Å². The second-order valence-corrected chi connectivity index (χ2v) is 9.33. The van der Waals surface area contributed by atoms with Gasteiger partial charge in [0.1, 0.15) is 11.9 Å². The lowest BCUT2D eigenvalue weighted by Gasteiger charge is -2.38. The van der Waals surface area contributed by atoms with Crippen molar-refractivity contribution in [1.82, 2.24) is 15.5 Å². The Kier molecular flexibility index (Phi) is 7.52. The van der Waals surface area contributed by atoms with Crippen molar-refractivity contribution < 1.29 is 18.7 Å². The van der Waals surface area contributed by atoms with Gasteiger partial charge in [-0.25, -0.2) is 9.18 Å². The average molecular weight is 478 g/mol. The van der Waals surface area contributed by atoms with E-state index in [2.05, 4.69) is 15.5 Å². The normalized spacial score (nSPS) is 21.7. The van der Waals surface area contributed by atoms with Crippen LogP contribution in [0.5, 0.6) is 0 Å². The van der Waals surface area contributed by atoms with E-state index in [1.165, 1.54) is 50.0 Å². The summed E-state index contributed by atoms with van der Waals surface area (Å²) in [6, 6.07) is 5.30. The number of halogens is 1. The van der Waals surface area contributed by atoms with Crippen molar-refractivity contribution in [1.29, 1.82) is 0 Å². The van der Waals surface area contributed by atoms with Gasteiger partial charge in [-0.1, -0.05) is 19.3 Å². The van der Waals surface area contributed by atoms with Crippen molar-refractivity contribution >= 4 is 40.7 Å². The Hall–Kier alpha value is -2.62. The molecule has 10 heteroatoms. The minimum Gasteiger partial charge on any atom is -0.442 e. The Morgan fingerprint density at radius 1 is 1.18 bits per heavy atom. The molecule has 2 heterocycles. The molecule has 2 aliphatic heterocycles. The van der Waals surface area contributed by atoms with E-state index in [9.17, 15) is 9.59 Å². The molecule has 1 aliphatic carbocycles. The maximum atomic E-state index is 15.0. The number of rotatable bonds is 5. The van der Waals surface area contributed by atoms with Gasteiger partial charge in [0.25, 0.3) is 0 Å². The highest BCUT2D eigenvalue weighted by Crippen LogP contribution is 2.28. The van der Waals surface area contributed by atoms with E-state index in [1.807, 2.05) is 4.90 Å². The number of thiocarbonyl (C=S) groups is 1. The third-order valence-corrected chi connectivity index (χ3v) is 6.91. The second kappa shape index (κ2) is 10.5. The van der Waals surface area contributed by atoms with Crippen LogP contribution in [-0.2, 0) is 9.53 Å². The Morgan fingerprint density at radius 2 is 1.91 bits per heavy atom. The number of anilines is 2. The van der Waals surface area contributed by atoms with Crippen molar-refractivity contribution in [3.63, 3.8) is 0 Å². The molecular weight excluding hydrogens is 445 g/mol. The number of cyclic esters (lactones) is 1. The molecule has 0 unspecified atom stereocenters. The summed E-state index contributed by atoms with van der Waals surface area (Å²) in [6.07, 6.45) is 5.19. The molecule has 180 valence electrons. The molecule has 3 aliphatic rings. The van der Waals surface area contributed by atoms with Crippen molar-refractivity contribution in [3.05, 3.63) is 24.0 Å². The highest BCUT2D eigenvalue weighted by atomic mass is 32.1. The smallest absolute Gasteiger partial charge is 0.414 e. The highest BCUT2D eigenvalue weighted by molar-refractivity contribution is 7.80. The average Bonchev–Trinajstić information content (AvgIpc) is 3.19. The summed E-state index contributed by atoms with van der Waals surface area (Å²) in [6.45, 7) is 4.73. The minimum atomic E-state index is -0.537. The van der Waals surface area contributed by atoms with Crippen molar-refractivity contribution in [2.24, 2.45) is 0 Å². The van der Waals surface area contributed by atoms with Crippen LogP contribution < -0.4 is 20.4 Å². The maximum absolute atomic E-state index is 15.0. The summed E-state index contributed by atoms with van der Waals surface area (Å²) in [4.78, 5) is 28.9. The van der Waals surface area contributed by atoms with Gasteiger partial charge in [0.15, 0.2) is 5.11 Å². The Balaban J connectivity index is 1.31. The molecule has 4 rings (SSSR count). The largest absolute Gasteiger partial charge is 0.442 e. The number of carbonyl (C=O) groups excluding carboxylic acids is 2. The van der Waals surface area contributed by atoms with Gasteiger partial charge in [-0.3, -0.25) is 9.69 Å². The number of benzene rings is 1. The fraction of sp³-hybridized carbons (Fsp3) is 0.609. The van der Waals surface area contributed by atoms with Crippen molar-refractivity contribution in [2.45, 2.75) is 51.2 Å². The SMILES string of the molecule is CC(=O)NC[C@H]1CN(c2ccc(N3CCN(C(=S)NC4CCCCC4)CC3)c(F)c2)C(=O)O1. The predicted molar refractivity (Wildman–Crippen MR) is 129 cm³/mol. The van der Waals surface area contributed by atoms with Gasteiger partial charge >= 0.3 is 6.09 Å². The van der Waals surface area contributed by atoms with Gasteiger partial charge < -0.3 is 25.2 Å². The summed E-state index contributed by atoms with van der Waals surface area (Å²) in [5, 5.41) is 6.95. The van der Waals surface area contributed by atoms with Crippen molar-refractivity contribution in [3.8, 4) is 0 Å². The van der Waals surface area contributed by atoms with Crippen LogP contribution in [0.1, 0.15) is 39.0 Å². The molecule has 1 atom stereocenters. The molecule has 8 nitrogen and oxygen atoms in total. The Labute approximate surface area is 199 Å². The fourth-order valence-corrected chi connectivity index (χ4v) is 5.03. The molecular formula is C23H32FN5O3S. The molecule has 2 N–H and O–H groups in total. The van der Waals surface area contributed by atoms with Crippen LogP contribution in [0.25, 0.3) is 0 Å². The van der Waals surface area contributed by atoms with Gasteiger partial charge in [-0.2, -0.15) is 0 Å². The standard InChI is InChI=1S/C23H32FN5O3S/c1-16(30)25-14-19-15-29(23(31)32-19)18-7-8-21(20(24)13-18)27-9-11-28(12-10-27)22(33)26-17-5-3-2-4-6-17/h7-8,13,17,19H,2-6,9-12,14-15H2,1H3,(H,25,30)(H,26,33)/t19-/m0/s1.